The van der Waals surface area contributed by atoms with Crippen LogP contribution in [-0.4, -0.2) is 73.7 Å². The summed E-state index contributed by atoms with van der Waals surface area (Å²) in [5, 5.41) is 21.7. The van der Waals surface area contributed by atoms with E-state index in [1.165, 1.54) is 62.0 Å². The molecule has 3 aromatic carbocycles. The highest BCUT2D eigenvalue weighted by Crippen LogP contribution is 2.42. The quantitative estimate of drug-likeness (QED) is 0.0273. The fourth-order valence-corrected chi connectivity index (χ4v) is 8.28. The van der Waals surface area contributed by atoms with Gasteiger partial charge in [-0.2, -0.15) is 30.4 Å². The molecule has 0 atom stereocenters. The van der Waals surface area contributed by atoms with Crippen LogP contribution in [0.2, 0.25) is 5.02 Å². The third-order valence-corrected chi connectivity index (χ3v) is 11.4. The van der Waals surface area contributed by atoms with E-state index >= 15 is 0 Å². The number of carbonyl (C=O) groups excluding carboxylic acids is 2. The second-order valence-corrected chi connectivity index (χ2v) is 17.8. The summed E-state index contributed by atoms with van der Waals surface area (Å²) in [6.07, 6.45) is 0.136. The van der Waals surface area contributed by atoms with Crippen molar-refractivity contribution >= 4 is 117 Å². The Morgan fingerprint density at radius 1 is 0.712 bits per heavy atom. The van der Waals surface area contributed by atoms with E-state index in [2.05, 4.69) is 31.1 Å². The Balaban J connectivity index is 2.12. The van der Waals surface area contributed by atoms with Crippen molar-refractivity contribution in [3.8, 4) is 0 Å². The Morgan fingerprint density at radius 2 is 1.19 bits per heavy atom. The van der Waals surface area contributed by atoms with Gasteiger partial charge in [-0.1, -0.05) is 11.6 Å². The first-order valence-electron chi connectivity index (χ1n) is 14.5. The predicted octanol–water partition coefficient (Wildman–Crippen LogP) is 6.66. The third kappa shape index (κ3) is 14.4. The van der Waals surface area contributed by atoms with Gasteiger partial charge in [0, 0.05) is 29.3 Å². The average molecular weight is 838 g/mol. The van der Waals surface area contributed by atoms with Crippen molar-refractivity contribution in [2.45, 2.75) is 41.4 Å². The highest BCUT2D eigenvalue weighted by Gasteiger charge is 2.17. The molecular weight excluding hydrogens is 806 g/mol. The van der Waals surface area contributed by atoms with E-state index < -0.39 is 58.6 Å². The maximum absolute atomic E-state index is 12.2. The summed E-state index contributed by atoms with van der Waals surface area (Å²) in [7, 11) is -13.1. The maximum Gasteiger partial charge on any atom is 0.296 e. The first-order valence-corrected chi connectivity index (χ1v) is 21.6. The summed E-state index contributed by atoms with van der Waals surface area (Å²) >= 11 is 8.15. The summed E-state index contributed by atoms with van der Waals surface area (Å²) in [6, 6.07) is 9.25. The molecule has 0 saturated heterocycles. The third-order valence-electron chi connectivity index (χ3n) is 6.17. The first-order chi connectivity index (χ1) is 24.1. The van der Waals surface area contributed by atoms with Gasteiger partial charge in [0.05, 0.1) is 33.6 Å². The molecule has 0 heterocycles. The zero-order valence-corrected chi connectivity index (χ0v) is 32.0. The first kappa shape index (κ1) is 42.7. The SMILES string of the molecule is CC(=O)Nc1cc(N=Nc2cc(SCCCS(=O)(=O)O)c(N)cc2NC(C)=O)c(SCCCS(=O)(=O)O)cc1N=Nc1ccc(Cl)c(S(=O)(=O)O)c1. The van der Waals surface area contributed by atoms with Crippen LogP contribution in [0, 0.1) is 0 Å². The van der Waals surface area contributed by atoms with Crippen molar-refractivity contribution < 1.29 is 48.5 Å². The van der Waals surface area contributed by atoms with E-state index in [4.69, 9.17) is 26.4 Å². The van der Waals surface area contributed by atoms with Crippen molar-refractivity contribution in [1.82, 2.24) is 0 Å². The molecule has 52 heavy (non-hydrogen) atoms. The number of benzene rings is 3. The molecule has 7 N–H and O–H groups in total. The fraction of sp³-hybridized carbons (Fsp3) is 0.286. The number of halogens is 1. The number of nitrogens with one attached hydrogen (secondary N) is 2. The molecule has 0 fully saturated rings. The minimum atomic E-state index is -4.69. The number of nitrogens with two attached hydrogens (primary N) is 1. The average Bonchev–Trinajstić information content (AvgIpc) is 3.00. The summed E-state index contributed by atoms with van der Waals surface area (Å²) < 4.78 is 95.8. The second-order valence-electron chi connectivity index (χ2n) is 10.6. The van der Waals surface area contributed by atoms with Gasteiger partial charge in [-0.05, 0) is 66.8 Å². The Kier molecular flexibility index (Phi) is 15.1. The minimum absolute atomic E-state index is 0.0242. The van der Waals surface area contributed by atoms with Crippen molar-refractivity contribution in [2.75, 3.05) is 39.4 Å². The topological polar surface area (TPSA) is 297 Å². The number of nitrogen functional groups attached to an aromatic ring is 1. The van der Waals surface area contributed by atoms with Crippen molar-refractivity contribution in [3.05, 3.63) is 47.5 Å². The number of anilines is 3. The molecule has 282 valence electrons. The Morgan fingerprint density at radius 3 is 1.71 bits per heavy atom. The van der Waals surface area contributed by atoms with Gasteiger partial charge < -0.3 is 16.4 Å². The van der Waals surface area contributed by atoms with E-state index in [0.717, 1.165) is 17.8 Å². The molecule has 24 heteroatoms. The van der Waals surface area contributed by atoms with Crippen molar-refractivity contribution in [2.24, 2.45) is 20.5 Å². The summed E-state index contributed by atoms with van der Waals surface area (Å²) in [5.74, 6) is -1.55. The van der Waals surface area contributed by atoms with E-state index in [0.29, 0.717) is 9.79 Å². The van der Waals surface area contributed by atoms with Crippen LogP contribution >= 0.6 is 35.1 Å². The monoisotopic (exact) mass is 837 g/mol. The molecule has 0 saturated carbocycles. The van der Waals surface area contributed by atoms with Crippen LogP contribution in [-0.2, 0) is 39.9 Å². The van der Waals surface area contributed by atoms with Gasteiger partial charge >= 0.3 is 0 Å². The van der Waals surface area contributed by atoms with Gasteiger partial charge in [0.1, 0.15) is 22.0 Å². The molecule has 0 aromatic heterocycles. The number of thioether (sulfide) groups is 2. The Labute approximate surface area is 312 Å². The van der Waals surface area contributed by atoms with Gasteiger partial charge in [-0.25, -0.2) is 0 Å². The van der Waals surface area contributed by atoms with E-state index in [9.17, 15) is 39.4 Å². The fourth-order valence-electron chi connectivity index (χ4n) is 4.03. The van der Waals surface area contributed by atoms with Crippen LogP contribution in [0.25, 0.3) is 0 Å². The number of rotatable bonds is 17. The number of azo groups is 2. The molecule has 0 bridgehead atoms. The van der Waals surface area contributed by atoms with Gasteiger partial charge in [-0.15, -0.1) is 38.9 Å². The molecule has 0 aliphatic rings. The van der Waals surface area contributed by atoms with E-state index in [1.807, 2.05) is 0 Å². The number of nitrogens with zero attached hydrogens (tertiary/aromatic N) is 4. The van der Waals surface area contributed by atoms with Crippen LogP contribution in [0.5, 0.6) is 0 Å². The molecule has 0 spiro atoms. The highest BCUT2D eigenvalue weighted by molar-refractivity contribution is 7.99. The molecule has 18 nitrogen and oxygen atoms in total. The molecule has 3 rings (SSSR count). The second kappa shape index (κ2) is 18.4. The summed E-state index contributed by atoms with van der Waals surface area (Å²) in [5.41, 5.74) is 6.94. The van der Waals surface area contributed by atoms with E-state index in [-0.39, 0.29) is 69.2 Å². The van der Waals surface area contributed by atoms with Gasteiger partial charge in [-0.3, -0.25) is 23.2 Å². The van der Waals surface area contributed by atoms with Gasteiger partial charge in [0.15, 0.2) is 0 Å². The number of amides is 2. The molecule has 0 aliphatic carbocycles. The lowest BCUT2D eigenvalue weighted by molar-refractivity contribution is -0.115. The standard InChI is InChI=1S/C28H32ClN7O11S5/c1-16(37)31-21-12-20(30)26(48-7-3-9-50(39,40)41)14-23(21)35-36-25-13-22(32-17(2)38)24(15-27(25)49-8-4-10-51(42,43)44)34-33-18-5-6-19(29)28(11-18)52(45,46)47/h5-6,11-15H,3-4,7-10,30H2,1-2H3,(H,31,37)(H,32,38)(H,39,40,41)(H,42,43,44)(H,45,46,47). The van der Waals surface area contributed by atoms with Gasteiger partial charge in [0.25, 0.3) is 30.4 Å². The molecule has 3 aromatic rings. The van der Waals surface area contributed by atoms with Crippen LogP contribution < -0.4 is 16.4 Å². The minimum Gasteiger partial charge on any atom is -0.398 e. The van der Waals surface area contributed by atoms with Crippen molar-refractivity contribution in [1.29, 1.82) is 0 Å². The Bertz CT molecular complexity index is 2240. The lowest BCUT2D eigenvalue weighted by Gasteiger charge is -2.13. The zero-order chi connectivity index (χ0) is 38.9. The number of hydrogen-bond acceptors (Lipinski definition) is 15. The molecule has 2 amide bonds. The van der Waals surface area contributed by atoms with Crippen LogP contribution in [0.15, 0.2) is 77.6 Å². The predicted molar refractivity (Wildman–Crippen MR) is 199 cm³/mol. The van der Waals surface area contributed by atoms with Gasteiger partial charge in [0.2, 0.25) is 11.8 Å². The van der Waals surface area contributed by atoms with Crippen LogP contribution in [0.1, 0.15) is 26.7 Å². The molecule has 0 aliphatic heterocycles. The summed E-state index contributed by atoms with van der Waals surface area (Å²) in [4.78, 5) is 24.3. The molecule has 0 unspecified atom stereocenters. The molecule has 0 radical (unpaired) electrons. The zero-order valence-electron chi connectivity index (χ0n) is 27.2. The highest BCUT2D eigenvalue weighted by atomic mass is 35.5. The summed E-state index contributed by atoms with van der Waals surface area (Å²) in [6.45, 7) is 2.48. The maximum atomic E-state index is 12.2. The number of carbonyl (C=O) groups is 2. The lowest BCUT2D eigenvalue weighted by atomic mass is 10.2. The lowest BCUT2D eigenvalue weighted by Crippen LogP contribution is -2.07. The largest absolute Gasteiger partial charge is 0.398 e. The van der Waals surface area contributed by atoms with E-state index in [1.54, 1.807) is 0 Å². The van der Waals surface area contributed by atoms with Crippen molar-refractivity contribution in [3.63, 3.8) is 0 Å². The van der Waals surface area contributed by atoms with Crippen LogP contribution in [0.3, 0.4) is 0 Å². The Hall–Kier alpha value is -3.68. The smallest absolute Gasteiger partial charge is 0.296 e. The van der Waals surface area contributed by atoms with Crippen LogP contribution in [0.4, 0.5) is 39.8 Å². The molecular formula is C28H32ClN7O11S5. The number of hydrogen-bond donors (Lipinski definition) is 6. The normalized spacial score (nSPS) is 12.4.